The van der Waals surface area contributed by atoms with Crippen LogP contribution in [0.1, 0.15) is 19.4 Å². The number of phenolic OH excluding ortho intramolecular Hbond substituents is 1. The van der Waals surface area contributed by atoms with Gasteiger partial charge in [-0.25, -0.2) is 5.43 Å². The number of tetrazole rings is 1. The highest BCUT2D eigenvalue weighted by molar-refractivity contribution is 5.84. The van der Waals surface area contributed by atoms with Crippen LogP contribution in [0.15, 0.2) is 23.3 Å². The standard InChI is InChI=1S/C12H17N7O/c1-3-19(4-2)10-6-5-9(11(20)7-10)8-13-14-12-15-17-18-16-12/h5-8,20H,3-4H2,1-2H3,(H2,14,15,16,17,18). The molecule has 0 saturated carbocycles. The number of H-pyrrole nitrogens is 1. The van der Waals surface area contributed by atoms with E-state index in [-0.39, 0.29) is 11.7 Å². The van der Waals surface area contributed by atoms with Crippen LogP contribution in [0.25, 0.3) is 0 Å². The number of benzene rings is 1. The number of anilines is 2. The van der Waals surface area contributed by atoms with Crippen LogP contribution < -0.4 is 10.3 Å². The SMILES string of the molecule is CCN(CC)c1ccc(C=NNc2nn[nH]n2)c(O)c1. The molecular weight excluding hydrogens is 258 g/mol. The van der Waals surface area contributed by atoms with Crippen LogP contribution in [0.5, 0.6) is 5.75 Å². The summed E-state index contributed by atoms with van der Waals surface area (Å²) in [7, 11) is 0. The number of hydrogen-bond donors (Lipinski definition) is 3. The van der Waals surface area contributed by atoms with Gasteiger partial charge >= 0.3 is 0 Å². The third-order valence-corrected chi connectivity index (χ3v) is 2.86. The second kappa shape index (κ2) is 6.50. The lowest BCUT2D eigenvalue weighted by atomic mass is 10.2. The molecule has 0 aliphatic rings. The average Bonchev–Trinajstić information content (AvgIpc) is 2.96. The summed E-state index contributed by atoms with van der Waals surface area (Å²) in [5.74, 6) is 0.438. The van der Waals surface area contributed by atoms with Crippen LogP contribution in [0.4, 0.5) is 11.6 Å². The number of aromatic nitrogens is 4. The number of hydrazone groups is 1. The van der Waals surface area contributed by atoms with Gasteiger partial charge in [-0.15, -0.1) is 5.10 Å². The van der Waals surface area contributed by atoms with E-state index in [1.165, 1.54) is 6.21 Å². The fourth-order valence-corrected chi connectivity index (χ4v) is 1.80. The number of nitrogens with zero attached hydrogens (tertiary/aromatic N) is 5. The van der Waals surface area contributed by atoms with E-state index in [1.807, 2.05) is 12.1 Å². The third kappa shape index (κ3) is 3.22. The summed E-state index contributed by atoms with van der Waals surface area (Å²) in [6.45, 7) is 5.93. The van der Waals surface area contributed by atoms with Gasteiger partial charge in [0.05, 0.1) is 6.21 Å². The van der Waals surface area contributed by atoms with Gasteiger partial charge in [0.15, 0.2) is 0 Å². The second-order valence-corrected chi connectivity index (χ2v) is 4.02. The molecule has 2 rings (SSSR count). The summed E-state index contributed by atoms with van der Waals surface area (Å²) in [6, 6.07) is 5.48. The fraction of sp³-hybridized carbons (Fsp3) is 0.333. The Morgan fingerprint density at radius 1 is 1.40 bits per heavy atom. The van der Waals surface area contributed by atoms with Crippen molar-refractivity contribution in [3.63, 3.8) is 0 Å². The van der Waals surface area contributed by atoms with Crippen molar-refractivity contribution in [3.8, 4) is 5.75 Å². The molecule has 8 heteroatoms. The highest BCUT2D eigenvalue weighted by Crippen LogP contribution is 2.23. The predicted molar refractivity (Wildman–Crippen MR) is 77.1 cm³/mol. The number of rotatable bonds is 6. The zero-order valence-corrected chi connectivity index (χ0v) is 11.4. The average molecular weight is 275 g/mol. The zero-order valence-electron chi connectivity index (χ0n) is 11.4. The minimum Gasteiger partial charge on any atom is -0.507 e. The van der Waals surface area contributed by atoms with Crippen molar-refractivity contribution in [2.75, 3.05) is 23.4 Å². The maximum absolute atomic E-state index is 9.99. The van der Waals surface area contributed by atoms with Crippen molar-refractivity contribution in [3.05, 3.63) is 23.8 Å². The molecule has 0 atom stereocenters. The first-order valence-corrected chi connectivity index (χ1v) is 6.35. The van der Waals surface area contributed by atoms with Gasteiger partial charge in [0.25, 0.3) is 5.95 Å². The van der Waals surface area contributed by atoms with E-state index in [4.69, 9.17) is 0 Å². The minimum absolute atomic E-state index is 0.174. The van der Waals surface area contributed by atoms with Crippen molar-refractivity contribution >= 4 is 17.9 Å². The maximum Gasteiger partial charge on any atom is 0.283 e. The topological polar surface area (TPSA) is 102 Å². The summed E-state index contributed by atoms with van der Waals surface area (Å²) >= 11 is 0. The van der Waals surface area contributed by atoms with E-state index in [0.29, 0.717) is 5.56 Å². The van der Waals surface area contributed by atoms with E-state index in [1.54, 1.807) is 6.07 Å². The highest BCUT2D eigenvalue weighted by atomic mass is 16.3. The lowest BCUT2D eigenvalue weighted by Crippen LogP contribution is -2.21. The van der Waals surface area contributed by atoms with E-state index in [0.717, 1.165) is 18.8 Å². The van der Waals surface area contributed by atoms with Crippen molar-refractivity contribution in [2.45, 2.75) is 13.8 Å². The van der Waals surface area contributed by atoms with Crippen LogP contribution in [0, 0.1) is 0 Å². The zero-order chi connectivity index (χ0) is 14.4. The molecule has 0 amide bonds. The van der Waals surface area contributed by atoms with Gasteiger partial charge in [-0.2, -0.15) is 10.3 Å². The quantitative estimate of drug-likeness (QED) is 0.540. The van der Waals surface area contributed by atoms with Gasteiger partial charge in [0, 0.05) is 30.4 Å². The van der Waals surface area contributed by atoms with Gasteiger partial charge in [-0.3, -0.25) is 0 Å². The predicted octanol–water partition coefficient (Wildman–Crippen LogP) is 1.20. The molecule has 8 nitrogen and oxygen atoms in total. The first kappa shape index (κ1) is 13.8. The smallest absolute Gasteiger partial charge is 0.283 e. The molecule has 1 aromatic carbocycles. The molecule has 0 saturated heterocycles. The highest BCUT2D eigenvalue weighted by Gasteiger charge is 2.05. The van der Waals surface area contributed by atoms with E-state index >= 15 is 0 Å². The van der Waals surface area contributed by atoms with Gasteiger partial charge in [0.1, 0.15) is 5.75 Å². The molecule has 0 aliphatic carbocycles. The first-order valence-electron chi connectivity index (χ1n) is 6.35. The number of aromatic amines is 1. The summed E-state index contributed by atoms with van der Waals surface area (Å²) in [4.78, 5) is 2.15. The van der Waals surface area contributed by atoms with Gasteiger partial charge < -0.3 is 10.0 Å². The first-order chi connectivity index (χ1) is 9.74. The molecule has 0 unspecified atom stereocenters. The summed E-state index contributed by atoms with van der Waals surface area (Å²) in [5, 5.41) is 27.0. The largest absolute Gasteiger partial charge is 0.507 e. The fourth-order valence-electron chi connectivity index (χ4n) is 1.80. The summed E-state index contributed by atoms with van der Waals surface area (Å²) in [5.41, 5.74) is 4.18. The minimum atomic E-state index is 0.174. The number of aromatic hydroxyl groups is 1. The molecule has 0 bridgehead atoms. The maximum atomic E-state index is 9.99. The van der Waals surface area contributed by atoms with Crippen molar-refractivity contribution in [1.29, 1.82) is 0 Å². The Kier molecular flexibility index (Phi) is 4.48. The molecule has 20 heavy (non-hydrogen) atoms. The lowest BCUT2D eigenvalue weighted by molar-refractivity contribution is 0.474. The van der Waals surface area contributed by atoms with Crippen molar-refractivity contribution in [2.24, 2.45) is 5.10 Å². The summed E-state index contributed by atoms with van der Waals surface area (Å²) < 4.78 is 0. The van der Waals surface area contributed by atoms with Crippen molar-refractivity contribution < 1.29 is 5.11 Å². The van der Waals surface area contributed by atoms with Crippen molar-refractivity contribution in [1.82, 2.24) is 20.6 Å². The summed E-state index contributed by atoms with van der Waals surface area (Å²) in [6.07, 6.45) is 1.50. The molecule has 0 spiro atoms. The Morgan fingerprint density at radius 3 is 2.80 bits per heavy atom. The lowest BCUT2D eigenvalue weighted by Gasteiger charge is -2.21. The number of hydrogen-bond acceptors (Lipinski definition) is 7. The Bertz CT molecular complexity index is 563. The van der Waals surface area contributed by atoms with Crippen LogP contribution >= 0.6 is 0 Å². The molecule has 106 valence electrons. The van der Waals surface area contributed by atoms with Crippen LogP contribution in [-0.4, -0.2) is 45.0 Å². The van der Waals surface area contributed by atoms with E-state index in [9.17, 15) is 5.11 Å². The van der Waals surface area contributed by atoms with E-state index in [2.05, 4.69) is 49.9 Å². The molecule has 2 aromatic rings. The molecule has 1 aromatic heterocycles. The monoisotopic (exact) mass is 275 g/mol. The van der Waals surface area contributed by atoms with E-state index < -0.39 is 0 Å². The third-order valence-electron chi connectivity index (χ3n) is 2.86. The molecule has 0 radical (unpaired) electrons. The molecular formula is C12H17N7O. The molecule has 0 aliphatic heterocycles. The normalized spacial score (nSPS) is 10.9. The van der Waals surface area contributed by atoms with Gasteiger partial charge in [0.2, 0.25) is 0 Å². The molecule has 1 heterocycles. The number of nitrogens with one attached hydrogen (secondary N) is 2. The Balaban J connectivity index is 2.07. The molecule has 0 fully saturated rings. The van der Waals surface area contributed by atoms with Gasteiger partial charge in [-0.05, 0) is 31.2 Å². The molecule has 3 N–H and O–H groups in total. The number of phenols is 1. The Hall–Kier alpha value is -2.64. The van der Waals surface area contributed by atoms with Crippen LogP contribution in [0.3, 0.4) is 0 Å². The van der Waals surface area contributed by atoms with Crippen LogP contribution in [-0.2, 0) is 0 Å². The Morgan fingerprint density at radius 2 is 2.20 bits per heavy atom. The van der Waals surface area contributed by atoms with Gasteiger partial charge in [-0.1, -0.05) is 5.10 Å². The Labute approximate surface area is 116 Å². The second-order valence-electron chi connectivity index (χ2n) is 4.02. The van der Waals surface area contributed by atoms with Crippen LogP contribution in [0.2, 0.25) is 0 Å².